The van der Waals surface area contributed by atoms with Crippen LogP contribution in [-0.4, -0.2) is 16.9 Å². The van der Waals surface area contributed by atoms with Gasteiger partial charge in [-0.2, -0.15) is 5.26 Å². The molecule has 0 atom stereocenters. The third-order valence-electron chi connectivity index (χ3n) is 3.88. The Kier molecular flexibility index (Phi) is 5.82. The van der Waals surface area contributed by atoms with E-state index >= 15 is 0 Å². The average molecular weight is 391 g/mol. The topological polar surface area (TPSA) is 83.3 Å². The zero-order valence-electron chi connectivity index (χ0n) is 15.4. The SMILES string of the molecule is CC(=O)N(c1cccc(C)c1)c1nc(COC(=O)c2cccc(C#N)c2)cs1. The summed E-state index contributed by atoms with van der Waals surface area (Å²) in [5.41, 5.74) is 3.01. The molecule has 0 saturated heterocycles. The van der Waals surface area contributed by atoms with E-state index in [0.717, 1.165) is 11.3 Å². The third-order valence-corrected chi connectivity index (χ3v) is 4.76. The number of hydrogen-bond acceptors (Lipinski definition) is 6. The predicted octanol–water partition coefficient (Wildman–Crippen LogP) is 4.36. The van der Waals surface area contributed by atoms with Gasteiger partial charge in [0.15, 0.2) is 5.13 Å². The molecule has 1 heterocycles. The summed E-state index contributed by atoms with van der Waals surface area (Å²) in [6.45, 7) is 3.41. The average Bonchev–Trinajstić information content (AvgIpc) is 3.14. The lowest BCUT2D eigenvalue weighted by atomic mass is 10.1. The van der Waals surface area contributed by atoms with Crippen LogP contribution in [0, 0.1) is 18.3 Å². The summed E-state index contributed by atoms with van der Waals surface area (Å²) in [5.74, 6) is -0.689. The maximum absolute atomic E-state index is 12.2. The Labute approximate surface area is 166 Å². The second kappa shape index (κ2) is 8.46. The van der Waals surface area contributed by atoms with E-state index in [0.29, 0.717) is 22.0 Å². The highest BCUT2D eigenvalue weighted by atomic mass is 32.1. The molecule has 28 heavy (non-hydrogen) atoms. The van der Waals surface area contributed by atoms with Crippen molar-refractivity contribution in [1.29, 1.82) is 5.26 Å². The van der Waals surface area contributed by atoms with Crippen molar-refractivity contribution in [1.82, 2.24) is 4.98 Å². The van der Waals surface area contributed by atoms with E-state index in [1.807, 2.05) is 37.3 Å². The zero-order chi connectivity index (χ0) is 20.1. The molecule has 3 aromatic rings. The molecule has 0 radical (unpaired) electrons. The molecule has 7 heteroatoms. The van der Waals surface area contributed by atoms with Gasteiger partial charge in [0.2, 0.25) is 5.91 Å². The molecule has 0 unspecified atom stereocenters. The van der Waals surface area contributed by atoms with E-state index in [9.17, 15) is 9.59 Å². The third kappa shape index (κ3) is 4.42. The van der Waals surface area contributed by atoms with Crippen molar-refractivity contribution in [3.8, 4) is 6.07 Å². The molecular weight excluding hydrogens is 374 g/mol. The molecule has 2 aromatic carbocycles. The normalized spacial score (nSPS) is 10.2. The number of carbonyl (C=O) groups excluding carboxylic acids is 2. The van der Waals surface area contributed by atoms with E-state index in [-0.39, 0.29) is 12.5 Å². The quantitative estimate of drug-likeness (QED) is 0.603. The van der Waals surface area contributed by atoms with Gasteiger partial charge in [-0.1, -0.05) is 18.2 Å². The van der Waals surface area contributed by atoms with Crippen LogP contribution in [0.1, 0.15) is 34.1 Å². The van der Waals surface area contributed by atoms with Crippen molar-refractivity contribution in [3.63, 3.8) is 0 Å². The number of rotatable bonds is 5. The number of carbonyl (C=O) groups is 2. The Morgan fingerprint density at radius 3 is 2.71 bits per heavy atom. The van der Waals surface area contributed by atoms with Crippen LogP contribution >= 0.6 is 11.3 Å². The van der Waals surface area contributed by atoms with Crippen molar-refractivity contribution < 1.29 is 14.3 Å². The number of thiazole rings is 1. The zero-order valence-corrected chi connectivity index (χ0v) is 16.2. The summed E-state index contributed by atoms with van der Waals surface area (Å²) >= 11 is 1.30. The standard InChI is InChI=1S/C21H17N3O3S/c1-14-5-3-8-19(9-14)24(15(2)25)21-23-18(13-28-21)12-27-20(26)17-7-4-6-16(10-17)11-22/h3-10,13H,12H2,1-2H3. The van der Waals surface area contributed by atoms with Crippen LogP contribution in [0.25, 0.3) is 0 Å². The molecule has 140 valence electrons. The van der Waals surface area contributed by atoms with Gasteiger partial charge in [-0.25, -0.2) is 9.78 Å². The van der Waals surface area contributed by atoms with E-state index in [2.05, 4.69) is 4.98 Å². The molecule has 6 nitrogen and oxygen atoms in total. The van der Waals surface area contributed by atoms with Gasteiger partial charge < -0.3 is 4.74 Å². The minimum Gasteiger partial charge on any atom is -0.456 e. The fourth-order valence-electron chi connectivity index (χ4n) is 2.60. The summed E-state index contributed by atoms with van der Waals surface area (Å²) < 4.78 is 5.28. The second-order valence-corrected chi connectivity index (χ2v) is 6.92. The lowest BCUT2D eigenvalue weighted by Gasteiger charge is -2.18. The van der Waals surface area contributed by atoms with Gasteiger partial charge in [0.05, 0.1) is 28.6 Å². The van der Waals surface area contributed by atoms with Crippen LogP contribution in [0.3, 0.4) is 0 Å². The largest absolute Gasteiger partial charge is 0.456 e. The van der Waals surface area contributed by atoms with Crippen molar-refractivity contribution in [2.75, 3.05) is 4.90 Å². The van der Waals surface area contributed by atoms with Crippen LogP contribution < -0.4 is 4.90 Å². The van der Waals surface area contributed by atoms with Crippen LogP contribution in [-0.2, 0) is 16.1 Å². The number of benzene rings is 2. The van der Waals surface area contributed by atoms with Crippen molar-refractivity contribution in [2.24, 2.45) is 0 Å². The van der Waals surface area contributed by atoms with Gasteiger partial charge in [0, 0.05) is 12.3 Å². The van der Waals surface area contributed by atoms with E-state index in [1.165, 1.54) is 29.2 Å². The lowest BCUT2D eigenvalue weighted by Crippen LogP contribution is -2.22. The Balaban J connectivity index is 1.73. The van der Waals surface area contributed by atoms with Gasteiger partial charge in [-0.3, -0.25) is 9.69 Å². The van der Waals surface area contributed by atoms with Crippen LogP contribution in [0.2, 0.25) is 0 Å². The fraction of sp³-hybridized carbons (Fsp3) is 0.143. The second-order valence-electron chi connectivity index (χ2n) is 6.08. The molecule has 0 aliphatic carbocycles. The summed E-state index contributed by atoms with van der Waals surface area (Å²) in [5, 5.41) is 11.2. The summed E-state index contributed by atoms with van der Waals surface area (Å²) in [6.07, 6.45) is 0. The first-order valence-corrected chi connectivity index (χ1v) is 9.35. The molecule has 0 fully saturated rings. The number of aromatic nitrogens is 1. The molecule has 0 N–H and O–H groups in total. The maximum atomic E-state index is 12.2. The molecule has 0 aliphatic rings. The summed E-state index contributed by atoms with van der Waals surface area (Å²) in [4.78, 5) is 30.3. The molecule has 0 aliphatic heterocycles. The van der Waals surface area contributed by atoms with Crippen LogP contribution in [0.15, 0.2) is 53.9 Å². The van der Waals surface area contributed by atoms with Crippen molar-refractivity contribution >= 4 is 34.0 Å². The summed E-state index contributed by atoms with van der Waals surface area (Å²) in [7, 11) is 0. The number of nitrogens with zero attached hydrogens (tertiary/aromatic N) is 3. The summed E-state index contributed by atoms with van der Waals surface area (Å²) in [6, 6.07) is 15.9. The minimum absolute atomic E-state index is 0.0221. The van der Waals surface area contributed by atoms with Gasteiger partial charge >= 0.3 is 5.97 Å². The van der Waals surface area contributed by atoms with E-state index in [1.54, 1.807) is 23.6 Å². The van der Waals surface area contributed by atoms with Gasteiger partial charge in [0.25, 0.3) is 0 Å². The smallest absolute Gasteiger partial charge is 0.338 e. The molecule has 0 spiro atoms. The molecule has 0 saturated carbocycles. The lowest BCUT2D eigenvalue weighted by molar-refractivity contribution is -0.115. The van der Waals surface area contributed by atoms with Crippen molar-refractivity contribution in [2.45, 2.75) is 20.5 Å². The first-order chi connectivity index (χ1) is 13.5. The van der Waals surface area contributed by atoms with E-state index in [4.69, 9.17) is 10.00 Å². The number of anilines is 2. The Morgan fingerprint density at radius 1 is 1.21 bits per heavy atom. The Morgan fingerprint density at radius 2 is 2.00 bits per heavy atom. The highest BCUT2D eigenvalue weighted by Crippen LogP contribution is 2.29. The van der Waals surface area contributed by atoms with Crippen molar-refractivity contribution in [3.05, 3.63) is 76.3 Å². The minimum atomic E-state index is -0.534. The Bertz CT molecular complexity index is 1070. The molecule has 3 rings (SSSR count). The number of nitriles is 1. The monoisotopic (exact) mass is 391 g/mol. The molecular formula is C21H17N3O3S. The molecule has 1 amide bonds. The number of ether oxygens (including phenoxy) is 1. The number of hydrogen-bond donors (Lipinski definition) is 0. The Hall–Kier alpha value is -3.50. The predicted molar refractivity (Wildman–Crippen MR) is 106 cm³/mol. The first-order valence-electron chi connectivity index (χ1n) is 8.47. The van der Waals surface area contributed by atoms with Crippen LogP contribution in [0.5, 0.6) is 0 Å². The van der Waals surface area contributed by atoms with Crippen LogP contribution in [0.4, 0.5) is 10.8 Å². The number of esters is 1. The highest BCUT2D eigenvalue weighted by molar-refractivity contribution is 7.14. The molecule has 0 bridgehead atoms. The van der Waals surface area contributed by atoms with Gasteiger partial charge in [-0.05, 0) is 42.8 Å². The fourth-order valence-corrected chi connectivity index (χ4v) is 3.47. The van der Waals surface area contributed by atoms with Gasteiger partial charge in [-0.15, -0.1) is 11.3 Å². The number of aryl methyl sites for hydroxylation is 1. The number of amides is 1. The maximum Gasteiger partial charge on any atom is 0.338 e. The first kappa shape index (κ1) is 19.3. The van der Waals surface area contributed by atoms with E-state index < -0.39 is 5.97 Å². The highest BCUT2D eigenvalue weighted by Gasteiger charge is 2.18. The van der Waals surface area contributed by atoms with Gasteiger partial charge in [0.1, 0.15) is 6.61 Å². The molecule has 1 aromatic heterocycles.